The maximum Gasteiger partial charge on any atom is 0.340 e. The fraction of sp³-hybridized carbons (Fsp3) is 0.176. The summed E-state index contributed by atoms with van der Waals surface area (Å²) >= 11 is 5.86. The molecule has 1 aliphatic heterocycles. The van der Waals surface area contributed by atoms with E-state index in [1.165, 1.54) is 12.0 Å². The molecule has 1 heterocycles. The molecular weight excluding hydrogens is 302 g/mol. The monoisotopic (exact) mass is 317 g/mol. The van der Waals surface area contributed by atoms with Crippen LogP contribution in [0.15, 0.2) is 53.8 Å². The van der Waals surface area contributed by atoms with Crippen LogP contribution in [0.5, 0.6) is 0 Å². The fourth-order valence-electron chi connectivity index (χ4n) is 2.30. The van der Waals surface area contributed by atoms with Gasteiger partial charge in [0.2, 0.25) is 0 Å². The number of carbonyl (C=O) groups is 2. The molecule has 0 radical (unpaired) electrons. The number of rotatable bonds is 4. The zero-order chi connectivity index (χ0) is 16.3. The first-order chi connectivity index (χ1) is 10.5. The Balaban J connectivity index is 2.52. The van der Waals surface area contributed by atoms with Crippen molar-refractivity contribution in [2.45, 2.75) is 6.92 Å². The largest absolute Gasteiger partial charge is 0.465 e. The predicted octanol–water partition coefficient (Wildman–Crippen LogP) is 3.20. The lowest BCUT2D eigenvalue weighted by atomic mass is 10.0. The standard InChI is InChI=1S/C17H16ClNO3/c1-4-9-19-11(2)15(17(21)22-3)14(16(19)20)10-12-5-7-13(18)8-6-12/h4-8,10H,1,9H2,2-3H3/b14-10-. The van der Waals surface area contributed by atoms with Crippen LogP contribution >= 0.6 is 11.6 Å². The maximum atomic E-state index is 12.5. The number of halogens is 1. The summed E-state index contributed by atoms with van der Waals surface area (Å²) in [6.45, 7) is 5.69. The van der Waals surface area contributed by atoms with Crippen molar-refractivity contribution in [3.8, 4) is 0 Å². The maximum absolute atomic E-state index is 12.5. The van der Waals surface area contributed by atoms with Gasteiger partial charge in [-0.3, -0.25) is 4.79 Å². The quantitative estimate of drug-likeness (QED) is 0.487. The van der Waals surface area contributed by atoms with Gasteiger partial charge < -0.3 is 9.64 Å². The van der Waals surface area contributed by atoms with Gasteiger partial charge in [-0.25, -0.2) is 4.79 Å². The Kier molecular flexibility index (Phi) is 4.83. The Morgan fingerprint density at radius 3 is 2.55 bits per heavy atom. The lowest BCUT2D eigenvalue weighted by Gasteiger charge is -2.14. The minimum Gasteiger partial charge on any atom is -0.465 e. The molecule has 0 fully saturated rings. The molecule has 0 spiro atoms. The summed E-state index contributed by atoms with van der Waals surface area (Å²) in [5.41, 5.74) is 1.94. The Labute approximate surface area is 134 Å². The highest BCUT2D eigenvalue weighted by atomic mass is 35.5. The number of hydrogen-bond donors (Lipinski definition) is 0. The van der Waals surface area contributed by atoms with Crippen LogP contribution < -0.4 is 0 Å². The number of hydrogen-bond acceptors (Lipinski definition) is 3. The highest BCUT2D eigenvalue weighted by Crippen LogP contribution is 2.31. The molecule has 22 heavy (non-hydrogen) atoms. The van der Waals surface area contributed by atoms with Gasteiger partial charge in [0.05, 0.1) is 18.3 Å². The van der Waals surface area contributed by atoms with E-state index < -0.39 is 5.97 Å². The number of ether oxygens (including phenoxy) is 1. The van der Waals surface area contributed by atoms with Crippen LogP contribution in [-0.2, 0) is 14.3 Å². The second kappa shape index (κ2) is 6.62. The average molecular weight is 318 g/mol. The molecule has 114 valence electrons. The molecule has 0 aliphatic carbocycles. The number of methoxy groups -OCH3 is 1. The van der Waals surface area contributed by atoms with Crippen molar-refractivity contribution in [2.24, 2.45) is 0 Å². The number of nitrogens with zero attached hydrogens (tertiary/aromatic N) is 1. The van der Waals surface area contributed by atoms with E-state index >= 15 is 0 Å². The van der Waals surface area contributed by atoms with Gasteiger partial charge in [-0.1, -0.05) is 29.8 Å². The van der Waals surface area contributed by atoms with Crippen molar-refractivity contribution in [1.29, 1.82) is 0 Å². The van der Waals surface area contributed by atoms with Crippen molar-refractivity contribution < 1.29 is 14.3 Å². The van der Waals surface area contributed by atoms with E-state index in [-0.39, 0.29) is 11.5 Å². The molecule has 0 saturated heterocycles. The lowest BCUT2D eigenvalue weighted by Crippen LogP contribution is -2.24. The van der Waals surface area contributed by atoms with Crippen molar-refractivity contribution in [3.63, 3.8) is 0 Å². The second-order valence-electron chi connectivity index (χ2n) is 4.77. The van der Waals surface area contributed by atoms with Crippen LogP contribution in [0.3, 0.4) is 0 Å². The first-order valence-corrected chi connectivity index (χ1v) is 7.07. The van der Waals surface area contributed by atoms with Crippen molar-refractivity contribution >= 4 is 29.6 Å². The van der Waals surface area contributed by atoms with Gasteiger partial charge in [0.15, 0.2) is 0 Å². The van der Waals surface area contributed by atoms with Gasteiger partial charge in [-0.2, -0.15) is 0 Å². The number of amides is 1. The zero-order valence-electron chi connectivity index (χ0n) is 12.4. The SMILES string of the molecule is C=CCN1C(=O)/C(=C\c2ccc(Cl)cc2)C(C(=O)OC)=C1C. The minimum atomic E-state index is -0.530. The lowest BCUT2D eigenvalue weighted by molar-refractivity contribution is -0.136. The summed E-state index contributed by atoms with van der Waals surface area (Å²) in [6.07, 6.45) is 3.28. The van der Waals surface area contributed by atoms with Gasteiger partial charge in [-0.05, 0) is 30.7 Å². The van der Waals surface area contributed by atoms with Gasteiger partial charge in [-0.15, -0.1) is 6.58 Å². The molecule has 0 atom stereocenters. The Hall–Kier alpha value is -2.33. The Bertz CT molecular complexity index is 686. The molecule has 1 aromatic carbocycles. The molecule has 1 aromatic rings. The number of esters is 1. The van der Waals surface area contributed by atoms with Gasteiger partial charge in [0, 0.05) is 17.3 Å². The molecular formula is C17H16ClNO3. The van der Waals surface area contributed by atoms with Crippen LogP contribution in [-0.4, -0.2) is 30.4 Å². The predicted molar refractivity (Wildman–Crippen MR) is 86.1 cm³/mol. The summed E-state index contributed by atoms with van der Waals surface area (Å²) in [4.78, 5) is 26.1. The zero-order valence-corrected chi connectivity index (χ0v) is 13.2. The first kappa shape index (κ1) is 16.0. The van der Waals surface area contributed by atoms with E-state index in [9.17, 15) is 9.59 Å². The molecule has 0 unspecified atom stereocenters. The minimum absolute atomic E-state index is 0.243. The average Bonchev–Trinajstić information content (AvgIpc) is 2.74. The summed E-state index contributed by atoms with van der Waals surface area (Å²) in [6, 6.07) is 7.01. The fourth-order valence-corrected chi connectivity index (χ4v) is 2.43. The molecule has 5 heteroatoms. The van der Waals surface area contributed by atoms with Crippen molar-refractivity contribution in [3.05, 3.63) is 64.3 Å². The normalized spacial score (nSPS) is 16.4. The molecule has 0 saturated carbocycles. The first-order valence-electron chi connectivity index (χ1n) is 6.69. The molecule has 1 aliphatic rings. The van der Waals surface area contributed by atoms with E-state index in [0.29, 0.717) is 22.8 Å². The van der Waals surface area contributed by atoms with Crippen LogP contribution in [0.2, 0.25) is 5.02 Å². The number of allylic oxidation sites excluding steroid dienone is 1. The topological polar surface area (TPSA) is 46.6 Å². The molecule has 2 rings (SSSR count). The Morgan fingerprint density at radius 2 is 2.00 bits per heavy atom. The molecule has 1 amide bonds. The van der Waals surface area contributed by atoms with E-state index in [0.717, 1.165) is 5.56 Å². The highest BCUT2D eigenvalue weighted by molar-refractivity contribution is 6.30. The number of carbonyl (C=O) groups excluding carboxylic acids is 2. The third-order valence-electron chi connectivity index (χ3n) is 3.39. The van der Waals surface area contributed by atoms with Crippen LogP contribution in [0.25, 0.3) is 6.08 Å². The van der Waals surface area contributed by atoms with Gasteiger partial charge >= 0.3 is 5.97 Å². The third-order valence-corrected chi connectivity index (χ3v) is 3.65. The summed E-state index contributed by atoms with van der Waals surface area (Å²) in [7, 11) is 1.29. The van der Waals surface area contributed by atoms with Crippen LogP contribution in [0.1, 0.15) is 12.5 Å². The van der Waals surface area contributed by atoms with Gasteiger partial charge in [0.1, 0.15) is 0 Å². The van der Waals surface area contributed by atoms with E-state index in [4.69, 9.17) is 16.3 Å². The summed E-state index contributed by atoms with van der Waals surface area (Å²) < 4.78 is 4.80. The smallest absolute Gasteiger partial charge is 0.340 e. The van der Waals surface area contributed by atoms with E-state index in [1.54, 1.807) is 43.3 Å². The van der Waals surface area contributed by atoms with E-state index in [1.807, 2.05) is 0 Å². The van der Waals surface area contributed by atoms with Crippen LogP contribution in [0.4, 0.5) is 0 Å². The molecule has 0 aromatic heterocycles. The molecule has 4 nitrogen and oxygen atoms in total. The van der Waals surface area contributed by atoms with Crippen LogP contribution in [0, 0.1) is 0 Å². The second-order valence-corrected chi connectivity index (χ2v) is 5.20. The van der Waals surface area contributed by atoms with Crippen molar-refractivity contribution in [2.75, 3.05) is 13.7 Å². The summed E-state index contributed by atoms with van der Waals surface area (Å²) in [5, 5.41) is 0.605. The number of benzene rings is 1. The summed E-state index contributed by atoms with van der Waals surface area (Å²) in [5.74, 6) is -0.773. The Morgan fingerprint density at radius 1 is 1.36 bits per heavy atom. The van der Waals surface area contributed by atoms with E-state index in [2.05, 4.69) is 6.58 Å². The molecule has 0 bridgehead atoms. The third kappa shape index (κ3) is 2.97. The molecule has 0 N–H and O–H groups in total. The highest BCUT2D eigenvalue weighted by Gasteiger charge is 2.36. The van der Waals surface area contributed by atoms with Crippen molar-refractivity contribution in [1.82, 2.24) is 4.90 Å². The van der Waals surface area contributed by atoms with Gasteiger partial charge in [0.25, 0.3) is 5.91 Å².